The summed E-state index contributed by atoms with van der Waals surface area (Å²) in [6.45, 7) is 2.54. The van der Waals surface area contributed by atoms with Crippen molar-refractivity contribution in [1.29, 1.82) is 0 Å². The van der Waals surface area contributed by atoms with Gasteiger partial charge in [0, 0.05) is 18.0 Å². The van der Waals surface area contributed by atoms with Gasteiger partial charge in [-0.15, -0.1) is 11.3 Å². The van der Waals surface area contributed by atoms with Crippen LogP contribution in [0.15, 0.2) is 35.7 Å². The van der Waals surface area contributed by atoms with Crippen LogP contribution in [0.4, 0.5) is 0 Å². The first-order valence-corrected chi connectivity index (χ1v) is 7.56. The van der Waals surface area contributed by atoms with Crippen LogP contribution in [0, 0.1) is 6.92 Å². The van der Waals surface area contributed by atoms with Crippen LogP contribution in [-0.2, 0) is 11.2 Å². The molecule has 2 rings (SSSR count). The molecule has 4 nitrogen and oxygen atoms in total. The van der Waals surface area contributed by atoms with Crippen LogP contribution in [0.25, 0.3) is 6.08 Å². The summed E-state index contributed by atoms with van der Waals surface area (Å²) in [5.74, 6) is 0.735. The lowest BCUT2D eigenvalue weighted by Gasteiger charge is -2.04. The summed E-state index contributed by atoms with van der Waals surface area (Å²) in [5, 5.41) is 5.78. The van der Waals surface area contributed by atoms with Gasteiger partial charge in [-0.1, -0.05) is 12.1 Å². The van der Waals surface area contributed by atoms with E-state index < -0.39 is 0 Å². The number of hydrogen-bond acceptors (Lipinski definition) is 4. The number of aryl methyl sites for hydroxylation is 1. The standard InChI is InChI=1S/C16H18N2O2S/c1-12-18-14(11-21-12)5-8-16(19)17-10-9-13-3-6-15(20-2)7-4-13/h3-8,11H,9-10H2,1-2H3,(H,17,19)/b8-5+. The van der Waals surface area contributed by atoms with Crippen molar-refractivity contribution in [3.63, 3.8) is 0 Å². The Bertz CT molecular complexity index is 617. The topological polar surface area (TPSA) is 51.2 Å². The minimum Gasteiger partial charge on any atom is -0.497 e. The Morgan fingerprint density at radius 1 is 1.38 bits per heavy atom. The van der Waals surface area contributed by atoms with Crippen LogP contribution < -0.4 is 10.1 Å². The van der Waals surface area contributed by atoms with E-state index in [1.165, 1.54) is 6.08 Å². The van der Waals surface area contributed by atoms with Crippen LogP contribution in [-0.4, -0.2) is 24.5 Å². The summed E-state index contributed by atoms with van der Waals surface area (Å²) < 4.78 is 5.10. The van der Waals surface area contributed by atoms with E-state index >= 15 is 0 Å². The third-order valence-electron chi connectivity index (χ3n) is 2.91. The predicted molar refractivity (Wildman–Crippen MR) is 85.6 cm³/mol. The molecule has 0 aliphatic rings. The second-order valence-electron chi connectivity index (χ2n) is 4.51. The minimum atomic E-state index is -0.103. The van der Waals surface area contributed by atoms with Gasteiger partial charge in [-0.2, -0.15) is 0 Å². The van der Waals surface area contributed by atoms with E-state index in [0.29, 0.717) is 6.54 Å². The van der Waals surface area contributed by atoms with Gasteiger partial charge < -0.3 is 10.1 Å². The van der Waals surface area contributed by atoms with Crippen molar-refractivity contribution in [2.45, 2.75) is 13.3 Å². The van der Waals surface area contributed by atoms with Crippen molar-refractivity contribution < 1.29 is 9.53 Å². The Hall–Kier alpha value is -2.14. The zero-order valence-electron chi connectivity index (χ0n) is 12.1. The highest BCUT2D eigenvalue weighted by molar-refractivity contribution is 7.09. The molecule has 110 valence electrons. The van der Waals surface area contributed by atoms with E-state index in [1.807, 2.05) is 36.6 Å². The molecule has 21 heavy (non-hydrogen) atoms. The SMILES string of the molecule is COc1ccc(CCNC(=O)/C=C/c2csc(C)n2)cc1. The van der Waals surface area contributed by atoms with Gasteiger partial charge in [0.1, 0.15) is 5.75 Å². The van der Waals surface area contributed by atoms with E-state index in [0.717, 1.165) is 28.4 Å². The number of rotatable bonds is 6. The average molecular weight is 302 g/mol. The van der Waals surface area contributed by atoms with Gasteiger partial charge in [-0.3, -0.25) is 4.79 Å². The Labute approximate surface area is 128 Å². The number of methoxy groups -OCH3 is 1. The first-order valence-electron chi connectivity index (χ1n) is 6.68. The maximum atomic E-state index is 11.7. The Balaban J connectivity index is 1.74. The highest BCUT2D eigenvalue weighted by Gasteiger charge is 1.98. The van der Waals surface area contributed by atoms with Gasteiger partial charge in [0.05, 0.1) is 17.8 Å². The van der Waals surface area contributed by atoms with Gasteiger partial charge in [-0.05, 0) is 37.1 Å². The van der Waals surface area contributed by atoms with Crippen molar-refractivity contribution in [2.75, 3.05) is 13.7 Å². The molecule has 1 aromatic carbocycles. The number of thiazole rings is 1. The molecule has 0 radical (unpaired) electrons. The largest absolute Gasteiger partial charge is 0.497 e. The van der Waals surface area contributed by atoms with Crippen molar-refractivity contribution >= 4 is 23.3 Å². The molecule has 0 aliphatic heterocycles. The molecule has 0 saturated carbocycles. The molecule has 2 aromatic rings. The molecule has 1 aromatic heterocycles. The Morgan fingerprint density at radius 2 is 2.14 bits per heavy atom. The molecule has 0 fully saturated rings. The number of carbonyl (C=O) groups is 1. The highest BCUT2D eigenvalue weighted by Crippen LogP contribution is 2.11. The second-order valence-corrected chi connectivity index (χ2v) is 5.58. The smallest absolute Gasteiger partial charge is 0.244 e. The van der Waals surface area contributed by atoms with Crippen LogP contribution in [0.5, 0.6) is 5.75 Å². The molecule has 1 heterocycles. The summed E-state index contributed by atoms with van der Waals surface area (Å²) in [4.78, 5) is 15.9. The molecule has 0 bridgehead atoms. The molecular formula is C16H18N2O2S. The summed E-state index contributed by atoms with van der Waals surface area (Å²) in [5.41, 5.74) is 1.98. The molecule has 1 amide bonds. The Morgan fingerprint density at radius 3 is 2.76 bits per heavy atom. The van der Waals surface area contributed by atoms with E-state index in [4.69, 9.17) is 4.74 Å². The molecule has 1 N–H and O–H groups in total. The zero-order valence-corrected chi connectivity index (χ0v) is 12.9. The average Bonchev–Trinajstić information content (AvgIpc) is 2.91. The Kier molecular flexibility index (Phi) is 5.51. The van der Waals surface area contributed by atoms with Gasteiger partial charge in [0.2, 0.25) is 5.91 Å². The van der Waals surface area contributed by atoms with Crippen molar-refractivity contribution in [3.8, 4) is 5.75 Å². The van der Waals surface area contributed by atoms with Gasteiger partial charge in [-0.25, -0.2) is 4.98 Å². The summed E-state index contributed by atoms with van der Waals surface area (Å²) in [7, 11) is 1.64. The second kappa shape index (κ2) is 7.59. The molecular weight excluding hydrogens is 284 g/mol. The van der Waals surface area contributed by atoms with E-state index in [2.05, 4.69) is 10.3 Å². The van der Waals surface area contributed by atoms with E-state index in [-0.39, 0.29) is 5.91 Å². The number of ether oxygens (including phenoxy) is 1. The lowest BCUT2D eigenvalue weighted by molar-refractivity contribution is -0.116. The van der Waals surface area contributed by atoms with Crippen molar-refractivity contribution in [3.05, 3.63) is 52.0 Å². The molecule has 0 saturated heterocycles. The summed E-state index contributed by atoms with van der Waals surface area (Å²) >= 11 is 1.57. The lowest BCUT2D eigenvalue weighted by atomic mass is 10.1. The molecule has 0 unspecified atom stereocenters. The normalized spacial score (nSPS) is 10.8. The maximum Gasteiger partial charge on any atom is 0.244 e. The van der Waals surface area contributed by atoms with Crippen molar-refractivity contribution in [1.82, 2.24) is 10.3 Å². The summed E-state index contributed by atoms with van der Waals surface area (Å²) in [6, 6.07) is 7.83. The lowest BCUT2D eigenvalue weighted by Crippen LogP contribution is -2.23. The first kappa shape index (κ1) is 15.3. The fraction of sp³-hybridized carbons (Fsp3) is 0.250. The number of nitrogens with zero attached hydrogens (tertiary/aromatic N) is 1. The molecule has 5 heteroatoms. The van der Waals surface area contributed by atoms with Crippen LogP contribution in [0.1, 0.15) is 16.3 Å². The molecule has 0 spiro atoms. The summed E-state index contributed by atoms with van der Waals surface area (Å²) in [6.07, 6.45) is 4.04. The quantitative estimate of drug-likeness (QED) is 0.835. The number of benzene rings is 1. The first-order chi connectivity index (χ1) is 10.2. The highest BCUT2D eigenvalue weighted by atomic mass is 32.1. The van der Waals surface area contributed by atoms with Gasteiger partial charge in [0.25, 0.3) is 0 Å². The van der Waals surface area contributed by atoms with Crippen molar-refractivity contribution in [2.24, 2.45) is 0 Å². The van der Waals surface area contributed by atoms with Crippen LogP contribution in [0.2, 0.25) is 0 Å². The predicted octanol–water partition coefficient (Wildman–Crippen LogP) is 2.83. The van der Waals surface area contributed by atoms with Gasteiger partial charge >= 0.3 is 0 Å². The van der Waals surface area contributed by atoms with Gasteiger partial charge in [0.15, 0.2) is 0 Å². The monoisotopic (exact) mass is 302 g/mol. The fourth-order valence-electron chi connectivity index (χ4n) is 1.80. The number of carbonyl (C=O) groups excluding carboxylic acids is 1. The maximum absolute atomic E-state index is 11.7. The third kappa shape index (κ3) is 5.04. The van der Waals surface area contributed by atoms with Crippen LogP contribution >= 0.6 is 11.3 Å². The fourth-order valence-corrected chi connectivity index (χ4v) is 2.38. The van der Waals surface area contributed by atoms with Crippen LogP contribution in [0.3, 0.4) is 0 Å². The minimum absolute atomic E-state index is 0.103. The number of hydrogen-bond donors (Lipinski definition) is 1. The third-order valence-corrected chi connectivity index (χ3v) is 3.71. The number of aromatic nitrogens is 1. The number of nitrogens with one attached hydrogen (secondary N) is 1. The molecule has 0 aliphatic carbocycles. The number of amides is 1. The van der Waals surface area contributed by atoms with E-state index in [1.54, 1.807) is 24.5 Å². The molecule has 0 atom stereocenters. The zero-order chi connectivity index (χ0) is 15.1. The van der Waals surface area contributed by atoms with E-state index in [9.17, 15) is 4.79 Å².